The van der Waals surface area contributed by atoms with E-state index in [4.69, 9.17) is 16.7 Å². The number of imidazole rings is 1. The highest BCUT2D eigenvalue weighted by Gasteiger charge is 2.14. The first kappa shape index (κ1) is 12.8. The van der Waals surface area contributed by atoms with Gasteiger partial charge in [-0.2, -0.15) is 0 Å². The molecule has 0 fully saturated rings. The fourth-order valence-electron chi connectivity index (χ4n) is 1.89. The predicted molar refractivity (Wildman–Crippen MR) is 70.7 cm³/mol. The van der Waals surface area contributed by atoms with Crippen molar-refractivity contribution < 1.29 is 5.11 Å². The minimum atomic E-state index is 0.170. The summed E-state index contributed by atoms with van der Waals surface area (Å²) in [6.45, 7) is 4.65. The van der Waals surface area contributed by atoms with Crippen molar-refractivity contribution >= 4 is 27.9 Å². The smallest absolute Gasteiger partial charge is 0.195 e. The molecule has 94 valence electrons. The number of rotatable bonds is 6. The number of hydrogen-bond donors (Lipinski definition) is 1. The molecule has 4 nitrogen and oxygen atoms in total. The first-order valence-electron chi connectivity index (χ1n) is 5.69. The Balaban J connectivity index is 2.20. The van der Waals surface area contributed by atoms with E-state index >= 15 is 0 Å². The molecule has 0 aliphatic rings. The summed E-state index contributed by atoms with van der Waals surface area (Å²) in [7, 11) is 0. The molecule has 0 radical (unpaired) electrons. The van der Waals surface area contributed by atoms with Crippen molar-refractivity contribution in [3.8, 4) is 0 Å². The number of aromatic nitrogens is 2. The molecule has 0 aromatic carbocycles. The first-order valence-corrected chi connectivity index (χ1v) is 6.95. The van der Waals surface area contributed by atoms with Crippen LogP contribution >= 0.6 is 22.9 Å². The Morgan fingerprint density at radius 2 is 2.35 bits per heavy atom. The van der Waals surface area contributed by atoms with E-state index < -0.39 is 0 Å². The van der Waals surface area contributed by atoms with Crippen molar-refractivity contribution in [2.45, 2.75) is 19.9 Å². The van der Waals surface area contributed by atoms with E-state index in [1.807, 2.05) is 16.0 Å². The zero-order chi connectivity index (χ0) is 12.3. The van der Waals surface area contributed by atoms with E-state index in [2.05, 4.69) is 16.8 Å². The lowest BCUT2D eigenvalue weighted by molar-refractivity contribution is 0.188. The Bertz CT molecular complexity index is 476. The van der Waals surface area contributed by atoms with Gasteiger partial charge in [-0.1, -0.05) is 18.5 Å². The van der Waals surface area contributed by atoms with Gasteiger partial charge in [-0.3, -0.25) is 9.30 Å². The molecule has 0 saturated heterocycles. The summed E-state index contributed by atoms with van der Waals surface area (Å²) in [6.07, 6.45) is 3.04. The minimum absolute atomic E-state index is 0.170. The second-order valence-electron chi connectivity index (χ2n) is 3.90. The average Bonchev–Trinajstić information content (AvgIpc) is 2.83. The van der Waals surface area contributed by atoms with E-state index in [0.717, 1.165) is 30.2 Å². The summed E-state index contributed by atoms with van der Waals surface area (Å²) in [5, 5.41) is 11.6. The summed E-state index contributed by atoms with van der Waals surface area (Å²) in [5.41, 5.74) is 1.00. The van der Waals surface area contributed by atoms with Crippen LogP contribution in [-0.4, -0.2) is 39.1 Å². The van der Waals surface area contributed by atoms with Gasteiger partial charge in [0, 0.05) is 24.7 Å². The molecule has 0 aliphatic carbocycles. The average molecular weight is 274 g/mol. The van der Waals surface area contributed by atoms with Crippen molar-refractivity contribution in [3.63, 3.8) is 0 Å². The van der Waals surface area contributed by atoms with Crippen LogP contribution < -0.4 is 0 Å². The standard InChI is InChI=1S/C11H16ClN3OS/c1-2-3-14(4-6-16)8-9-10(12)13-11-15(9)5-7-17-11/h5,7,16H,2-4,6,8H2,1H3. The van der Waals surface area contributed by atoms with Gasteiger partial charge in [0.15, 0.2) is 10.1 Å². The van der Waals surface area contributed by atoms with Gasteiger partial charge in [0.2, 0.25) is 0 Å². The Labute approximate surface area is 109 Å². The summed E-state index contributed by atoms with van der Waals surface area (Å²) in [4.78, 5) is 7.41. The molecule has 17 heavy (non-hydrogen) atoms. The van der Waals surface area contributed by atoms with Gasteiger partial charge in [-0.05, 0) is 13.0 Å². The second kappa shape index (κ2) is 5.82. The minimum Gasteiger partial charge on any atom is -0.395 e. The van der Waals surface area contributed by atoms with E-state index in [1.54, 1.807) is 11.3 Å². The zero-order valence-electron chi connectivity index (χ0n) is 9.77. The molecule has 0 atom stereocenters. The van der Waals surface area contributed by atoms with Crippen molar-refractivity contribution in [1.82, 2.24) is 14.3 Å². The van der Waals surface area contributed by atoms with Gasteiger partial charge in [-0.25, -0.2) is 4.98 Å². The van der Waals surface area contributed by atoms with Crippen LogP contribution in [0.25, 0.3) is 4.96 Å². The van der Waals surface area contributed by atoms with Crippen molar-refractivity contribution in [2.75, 3.05) is 19.7 Å². The van der Waals surface area contributed by atoms with Crippen LogP contribution in [0.15, 0.2) is 11.6 Å². The normalized spacial score (nSPS) is 11.8. The SMILES string of the molecule is CCCN(CCO)Cc1c(Cl)nc2sccn12. The van der Waals surface area contributed by atoms with Crippen LogP contribution in [-0.2, 0) is 6.54 Å². The quantitative estimate of drug-likeness (QED) is 0.878. The molecule has 0 aliphatic heterocycles. The summed E-state index contributed by atoms with van der Waals surface area (Å²) < 4.78 is 2.02. The fourth-order valence-corrected chi connectivity index (χ4v) is 2.90. The summed E-state index contributed by atoms with van der Waals surface area (Å²) >= 11 is 7.71. The largest absolute Gasteiger partial charge is 0.395 e. The van der Waals surface area contributed by atoms with Crippen LogP contribution in [0, 0.1) is 0 Å². The molecule has 0 bridgehead atoms. The Hall–Kier alpha value is -0.620. The maximum Gasteiger partial charge on any atom is 0.195 e. The lowest BCUT2D eigenvalue weighted by atomic mass is 10.3. The highest BCUT2D eigenvalue weighted by atomic mass is 35.5. The third kappa shape index (κ3) is 2.80. The van der Waals surface area contributed by atoms with Crippen LogP contribution in [0.2, 0.25) is 5.15 Å². The van der Waals surface area contributed by atoms with Crippen LogP contribution in [0.5, 0.6) is 0 Å². The highest BCUT2D eigenvalue weighted by molar-refractivity contribution is 7.15. The number of aliphatic hydroxyl groups is 1. The molecular formula is C11H16ClN3OS. The number of fused-ring (bicyclic) bond motifs is 1. The Kier molecular flexibility index (Phi) is 4.39. The monoisotopic (exact) mass is 273 g/mol. The molecule has 2 rings (SSSR count). The molecule has 1 N–H and O–H groups in total. The predicted octanol–water partition coefficient (Wildman–Crippen LogP) is 2.25. The summed E-state index contributed by atoms with van der Waals surface area (Å²) in [6, 6.07) is 0. The van der Waals surface area contributed by atoms with Crippen LogP contribution in [0.4, 0.5) is 0 Å². The van der Waals surface area contributed by atoms with Crippen molar-refractivity contribution in [3.05, 3.63) is 22.4 Å². The van der Waals surface area contributed by atoms with Gasteiger partial charge >= 0.3 is 0 Å². The third-order valence-corrected chi connectivity index (χ3v) is 3.70. The van der Waals surface area contributed by atoms with E-state index in [9.17, 15) is 0 Å². The molecule has 2 aromatic heterocycles. The van der Waals surface area contributed by atoms with Gasteiger partial charge < -0.3 is 5.11 Å². The lowest BCUT2D eigenvalue weighted by Crippen LogP contribution is -2.27. The Morgan fingerprint density at radius 1 is 1.53 bits per heavy atom. The maximum atomic E-state index is 9.04. The maximum absolute atomic E-state index is 9.04. The molecule has 0 amide bonds. The molecule has 6 heteroatoms. The van der Waals surface area contributed by atoms with Crippen LogP contribution in [0.3, 0.4) is 0 Å². The zero-order valence-corrected chi connectivity index (χ0v) is 11.3. The summed E-state index contributed by atoms with van der Waals surface area (Å²) in [5.74, 6) is 0. The number of aliphatic hydroxyl groups excluding tert-OH is 1. The molecule has 0 unspecified atom stereocenters. The number of halogens is 1. The topological polar surface area (TPSA) is 40.8 Å². The first-order chi connectivity index (χ1) is 8.26. The van der Waals surface area contributed by atoms with Gasteiger partial charge in [0.1, 0.15) is 0 Å². The third-order valence-electron chi connectivity index (χ3n) is 2.64. The number of thiazole rings is 1. The van der Waals surface area contributed by atoms with E-state index in [1.165, 1.54) is 0 Å². The molecule has 2 aromatic rings. The molecule has 0 spiro atoms. The Morgan fingerprint density at radius 3 is 3.06 bits per heavy atom. The van der Waals surface area contributed by atoms with Crippen molar-refractivity contribution in [1.29, 1.82) is 0 Å². The lowest BCUT2D eigenvalue weighted by Gasteiger charge is -2.20. The van der Waals surface area contributed by atoms with Gasteiger partial charge in [-0.15, -0.1) is 11.3 Å². The molecular weight excluding hydrogens is 258 g/mol. The number of nitrogens with zero attached hydrogens (tertiary/aromatic N) is 3. The van der Waals surface area contributed by atoms with Gasteiger partial charge in [0.25, 0.3) is 0 Å². The fraction of sp³-hybridized carbons (Fsp3) is 0.545. The highest BCUT2D eigenvalue weighted by Crippen LogP contribution is 2.22. The molecule has 2 heterocycles. The van der Waals surface area contributed by atoms with Crippen molar-refractivity contribution in [2.24, 2.45) is 0 Å². The van der Waals surface area contributed by atoms with E-state index in [0.29, 0.717) is 11.7 Å². The molecule has 0 saturated carbocycles. The van der Waals surface area contributed by atoms with Crippen LogP contribution in [0.1, 0.15) is 19.0 Å². The number of hydrogen-bond acceptors (Lipinski definition) is 4. The second-order valence-corrected chi connectivity index (χ2v) is 5.14. The van der Waals surface area contributed by atoms with E-state index in [-0.39, 0.29) is 6.61 Å². The van der Waals surface area contributed by atoms with Gasteiger partial charge in [0.05, 0.1) is 12.3 Å².